The summed E-state index contributed by atoms with van der Waals surface area (Å²) in [7, 11) is 0. The molecule has 3 rings (SSSR count). The van der Waals surface area contributed by atoms with Crippen LogP contribution in [0.15, 0.2) is 56.2 Å². The molecule has 0 aliphatic rings. The maximum atomic E-state index is 5.54. The third-order valence-corrected chi connectivity index (χ3v) is 4.51. The molecular formula is C14H10Br2N2O. The quantitative estimate of drug-likeness (QED) is 0.696. The minimum absolute atomic E-state index is 0.623. The Morgan fingerprint density at radius 2 is 2.05 bits per heavy atom. The molecule has 2 aromatic heterocycles. The number of hydrogen-bond acceptors (Lipinski definition) is 3. The highest BCUT2D eigenvalue weighted by Gasteiger charge is 2.06. The first-order valence-electron chi connectivity index (χ1n) is 5.75. The summed E-state index contributed by atoms with van der Waals surface area (Å²) < 4.78 is 7.17. The Balaban J connectivity index is 1.85. The van der Waals surface area contributed by atoms with Gasteiger partial charge in [-0.05, 0) is 62.2 Å². The van der Waals surface area contributed by atoms with Gasteiger partial charge in [-0.25, -0.2) is 0 Å². The van der Waals surface area contributed by atoms with E-state index in [4.69, 9.17) is 4.42 Å². The van der Waals surface area contributed by atoms with Gasteiger partial charge in [0.05, 0.1) is 16.5 Å². The zero-order valence-electron chi connectivity index (χ0n) is 9.86. The van der Waals surface area contributed by atoms with Crippen LogP contribution in [-0.2, 0) is 6.54 Å². The number of benzene rings is 1. The molecular weight excluding hydrogens is 372 g/mol. The van der Waals surface area contributed by atoms with E-state index in [0.717, 1.165) is 26.8 Å². The van der Waals surface area contributed by atoms with Crippen LogP contribution in [-0.4, -0.2) is 4.98 Å². The van der Waals surface area contributed by atoms with E-state index in [2.05, 4.69) is 48.2 Å². The first kappa shape index (κ1) is 12.7. The molecule has 0 aliphatic carbocycles. The maximum absolute atomic E-state index is 5.54. The van der Waals surface area contributed by atoms with Crippen LogP contribution in [0.25, 0.3) is 10.9 Å². The monoisotopic (exact) mass is 380 g/mol. The Hall–Kier alpha value is -1.33. The van der Waals surface area contributed by atoms with Crippen molar-refractivity contribution < 1.29 is 4.42 Å². The Bertz CT molecular complexity index is 700. The second kappa shape index (κ2) is 5.35. The van der Waals surface area contributed by atoms with Crippen molar-refractivity contribution in [3.63, 3.8) is 0 Å². The first-order valence-corrected chi connectivity index (χ1v) is 7.34. The van der Waals surface area contributed by atoms with Crippen LogP contribution >= 0.6 is 31.9 Å². The number of aromatic nitrogens is 1. The predicted molar refractivity (Wildman–Crippen MR) is 83.2 cm³/mol. The van der Waals surface area contributed by atoms with E-state index in [9.17, 15) is 0 Å². The molecule has 96 valence electrons. The average Bonchev–Trinajstić information content (AvgIpc) is 2.75. The number of anilines is 1. The van der Waals surface area contributed by atoms with Crippen molar-refractivity contribution in [1.82, 2.24) is 4.98 Å². The van der Waals surface area contributed by atoms with E-state index >= 15 is 0 Å². The highest BCUT2D eigenvalue weighted by molar-refractivity contribution is 9.13. The lowest BCUT2D eigenvalue weighted by atomic mass is 10.2. The van der Waals surface area contributed by atoms with Crippen molar-refractivity contribution in [2.45, 2.75) is 6.54 Å². The highest BCUT2D eigenvalue weighted by atomic mass is 79.9. The Morgan fingerprint density at radius 1 is 1.16 bits per heavy atom. The molecule has 0 fully saturated rings. The highest BCUT2D eigenvalue weighted by Crippen LogP contribution is 2.28. The molecule has 3 nitrogen and oxygen atoms in total. The van der Waals surface area contributed by atoms with Gasteiger partial charge in [0.25, 0.3) is 0 Å². The molecule has 2 heterocycles. The summed E-state index contributed by atoms with van der Waals surface area (Å²) in [6.45, 7) is 0.623. The van der Waals surface area contributed by atoms with Gasteiger partial charge in [-0.3, -0.25) is 4.98 Å². The predicted octanol–water partition coefficient (Wildman–Crippen LogP) is 4.96. The van der Waals surface area contributed by atoms with E-state index in [1.54, 1.807) is 6.20 Å². The summed E-state index contributed by atoms with van der Waals surface area (Å²) in [6, 6.07) is 12.0. The number of hydrogen-bond donors (Lipinski definition) is 1. The lowest BCUT2D eigenvalue weighted by molar-refractivity contribution is 0.494. The molecule has 0 saturated heterocycles. The zero-order chi connectivity index (χ0) is 13.2. The van der Waals surface area contributed by atoms with E-state index in [1.165, 1.54) is 0 Å². The Labute approximate surface area is 127 Å². The minimum Gasteiger partial charge on any atom is -0.451 e. The number of rotatable bonds is 3. The molecule has 19 heavy (non-hydrogen) atoms. The molecule has 5 heteroatoms. The molecule has 1 aromatic carbocycles. The number of nitrogens with zero attached hydrogens (tertiary/aromatic N) is 1. The lowest BCUT2D eigenvalue weighted by Crippen LogP contribution is -1.98. The van der Waals surface area contributed by atoms with Crippen molar-refractivity contribution >= 4 is 48.5 Å². The molecule has 0 unspecified atom stereocenters. The van der Waals surface area contributed by atoms with E-state index in [1.807, 2.05) is 30.3 Å². The smallest absolute Gasteiger partial charge is 0.183 e. The SMILES string of the molecule is Brc1cc(CNc2cccc3ncccc23)oc1Br. The van der Waals surface area contributed by atoms with Gasteiger partial charge >= 0.3 is 0 Å². The van der Waals surface area contributed by atoms with Gasteiger partial charge < -0.3 is 9.73 Å². The van der Waals surface area contributed by atoms with Crippen LogP contribution in [0.2, 0.25) is 0 Å². The molecule has 0 bridgehead atoms. The van der Waals surface area contributed by atoms with Crippen LogP contribution in [0, 0.1) is 0 Å². The fourth-order valence-corrected chi connectivity index (χ4v) is 2.58. The topological polar surface area (TPSA) is 38.1 Å². The molecule has 0 atom stereocenters. The molecule has 0 radical (unpaired) electrons. The lowest BCUT2D eigenvalue weighted by Gasteiger charge is -2.07. The standard InChI is InChI=1S/C14H10Br2N2O/c15-11-7-9(19-14(11)16)8-18-13-5-1-4-12-10(13)3-2-6-17-12/h1-7,18H,8H2. The van der Waals surface area contributed by atoms with Gasteiger partial charge in [0, 0.05) is 17.3 Å². The maximum Gasteiger partial charge on any atom is 0.183 e. The molecule has 0 spiro atoms. The summed E-state index contributed by atoms with van der Waals surface area (Å²) in [5.41, 5.74) is 2.03. The van der Waals surface area contributed by atoms with Gasteiger partial charge in [0.1, 0.15) is 5.76 Å². The summed E-state index contributed by atoms with van der Waals surface area (Å²) in [6.07, 6.45) is 1.80. The Kier molecular flexibility index (Phi) is 3.57. The van der Waals surface area contributed by atoms with Gasteiger partial charge in [0.2, 0.25) is 0 Å². The Morgan fingerprint density at radius 3 is 2.84 bits per heavy atom. The number of furan rings is 1. The van der Waals surface area contributed by atoms with E-state index in [-0.39, 0.29) is 0 Å². The van der Waals surface area contributed by atoms with Gasteiger partial charge in [-0.15, -0.1) is 0 Å². The van der Waals surface area contributed by atoms with E-state index in [0.29, 0.717) is 11.2 Å². The second-order valence-electron chi connectivity index (χ2n) is 4.06. The molecule has 0 saturated carbocycles. The van der Waals surface area contributed by atoms with Gasteiger partial charge in [0.15, 0.2) is 4.67 Å². The summed E-state index contributed by atoms with van der Waals surface area (Å²) >= 11 is 6.73. The minimum atomic E-state index is 0.623. The van der Waals surface area contributed by atoms with Crippen molar-refractivity contribution in [2.24, 2.45) is 0 Å². The third kappa shape index (κ3) is 2.67. The van der Waals surface area contributed by atoms with Crippen molar-refractivity contribution in [2.75, 3.05) is 5.32 Å². The average molecular weight is 382 g/mol. The fraction of sp³-hybridized carbons (Fsp3) is 0.0714. The van der Waals surface area contributed by atoms with Gasteiger partial charge in [-0.2, -0.15) is 0 Å². The number of fused-ring (bicyclic) bond motifs is 1. The summed E-state index contributed by atoms with van der Waals surface area (Å²) in [5.74, 6) is 0.861. The summed E-state index contributed by atoms with van der Waals surface area (Å²) in [4.78, 5) is 4.34. The van der Waals surface area contributed by atoms with E-state index < -0.39 is 0 Å². The van der Waals surface area contributed by atoms with Crippen LogP contribution in [0.4, 0.5) is 5.69 Å². The molecule has 0 amide bonds. The fourth-order valence-electron chi connectivity index (χ4n) is 1.92. The normalized spacial score (nSPS) is 10.8. The van der Waals surface area contributed by atoms with Crippen molar-refractivity contribution in [3.05, 3.63) is 57.5 Å². The first-order chi connectivity index (χ1) is 9.24. The molecule has 0 aliphatic heterocycles. The molecule has 3 aromatic rings. The number of nitrogens with one attached hydrogen (secondary N) is 1. The second-order valence-corrected chi connectivity index (χ2v) is 5.64. The third-order valence-electron chi connectivity index (χ3n) is 2.79. The van der Waals surface area contributed by atoms with Gasteiger partial charge in [-0.1, -0.05) is 6.07 Å². The zero-order valence-corrected chi connectivity index (χ0v) is 13.0. The van der Waals surface area contributed by atoms with Crippen LogP contribution < -0.4 is 5.32 Å². The molecule has 1 N–H and O–H groups in total. The van der Waals surface area contributed by atoms with Crippen molar-refractivity contribution in [3.8, 4) is 0 Å². The van der Waals surface area contributed by atoms with Crippen LogP contribution in [0.1, 0.15) is 5.76 Å². The van der Waals surface area contributed by atoms with Crippen LogP contribution in [0.3, 0.4) is 0 Å². The van der Waals surface area contributed by atoms with Crippen LogP contribution in [0.5, 0.6) is 0 Å². The van der Waals surface area contributed by atoms with Crippen molar-refractivity contribution in [1.29, 1.82) is 0 Å². The number of halogens is 2. The number of pyridine rings is 1. The summed E-state index contributed by atoms with van der Waals surface area (Å²) in [5, 5.41) is 4.48. The largest absolute Gasteiger partial charge is 0.451 e.